The highest BCUT2D eigenvalue weighted by atomic mass is 16.2. The first-order valence-electron chi connectivity index (χ1n) is 13.0. The molecule has 1 heterocycles. The molecule has 1 aromatic heterocycles. The predicted octanol–water partition coefficient (Wildman–Crippen LogP) is 4.85. The summed E-state index contributed by atoms with van der Waals surface area (Å²) in [5.41, 5.74) is 0.954. The van der Waals surface area contributed by atoms with E-state index in [0.29, 0.717) is 24.9 Å². The minimum Gasteiger partial charge on any atom is -0.353 e. The van der Waals surface area contributed by atoms with E-state index in [2.05, 4.69) is 31.4 Å². The molecule has 4 aliphatic rings. The van der Waals surface area contributed by atoms with Gasteiger partial charge in [0.05, 0.1) is 18.5 Å². The SMILES string of the molecule is CCCCN(CC(=O)N(Cc1cccn1C)CC(C)C)C(=O)C12CC3CC(CC(C3)C1)C2. The third kappa shape index (κ3) is 4.92. The number of aryl methyl sites for hydroxylation is 1. The number of carbonyl (C=O) groups is 2. The largest absolute Gasteiger partial charge is 0.353 e. The molecule has 32 heavy (non-hydrogen) atoms. The lowest BCUT2D eigenvalue weighted by atomic mass is 9.49. The summed E-state index contributed by atoms with van der Waals surface area (Å²) in [6, 6.07) is 4.10. The number of unbranched alkanes of at least 4 members (excludes halogenated alkanes) is 1. The second-order valence-corrected chi connectivity index (χ2v) is 11.6. The molecule has 4 bridgehead atoms. The van der Waals surface area contributed by atoms with Crippen LogP contribution < -0.4 is 0 Å². The van der Waals surface area contributed by atoms with Crippen molar-refractivity contribution in [3.63, 3.8) is 0 Å². The molecule has 0 aliphatic heterocycles. The quantitative estimate of drug-likeness (QED) is 0.521. The van der Waals surface area contributed by atoms with E-state index in [0.717, 1.165) is 62.1 Å². The topological polar surface area (TPSA) is 45.6 Å². The number of amides is 2. The summed E-state index contributed by atoms with van der Waals surface area (Å²) < 4.78 is 2.08. The molecule has 0 N–H and O–H groups in total. The lowest BCUT2D eigenvalue weighted by Crippen LogP contribution is -2.56. The summed E-state index contributed by atoms with van der Waals surface area (Å²) in [7, 11) is 2.03. The van der Waals surface area contributed by atoms with E-state index in [1.54, 1.807) is 0 Å². The van der Waals surface area contributed by atoms with E-state index < -0.39 is 0 Å². The van der Waals surface area contributed by atoms with Gasteiger partial charge in [-0.3, -0.25) is 9.59 Å². The van der Waals surface area contributed by atoms with Crippen LogP contribution in [0.15, 0.2) is 18.3 Å². The third-order valence-electron chi connectivity index (χ3n) is 8.23. The molecule has 5 rings (SSSR count). The van der Waals surface area contributed by atoms with E-state index in [1.807, 2.05) is 29.1 Å². The van der Waals surface area contributed by atoms with Crippen molar-refractivity contribution in [3.05, 3.63) is 24.0 Å². The first-order chi connectivity index (χ1) is 15.3. The molecule has 5 nitrogen and oxygen atoms in total. The Balaban J connectivity index is 1.50. The van der Waals surface area contributed by atoms with E-state index in [4.69, 9.17) is 0 Å². The highest BCUT2D eigenvalue weighted by Gasteiger charge is 2.55. The molecule has 0 spiro atoms. The van der Waals surface area contributed by atoms with Gasteiger partial charge in [-0.1, -0.05) is 27.2 Å². The normalized spacial score (nSPS) is 28.3. The average molecular weight is 442 g/mol. The predicted molar refractivity (Wildman–Crippen MR) is 128 cm³/mol. The maximum atomic E-state index is 14.0. The minimum atomic E-state index is -0.177. The van der Waals surface area contributed by atoms with Crippen LogP contribution in [0, 0.1) is 29.1 Å². The van der Waals surface area contributed by atoms with Gasteiger partial charge in [-0.15, -0.1) is 0 Å². The van der Waals surface area contributed by atoms with Crippen molar-refractivity contribution < 1.29 is 9.59 Å². The van der Waals surface area contributed by atoms with Crippen molar-refractivity contribution in [2.45, 2.75) is 78.7 Å². The molecular weight excluding hydrogens is 398 g/mol. The third-order valence-corrected chi connectivity index (χ3v) is 8.23. The smallest absolute Gasteiger partial charge is 0.242 e. The monoisotopic (exact) mass is 441 g/mol. The Morgan fingerprint density at radius 2 is 1.72 bits per heavy atom. The van der Waals surface area contributed by atoms with Crippen molar-refractivity contribution in [2.24, 2.45) is 36.1 Å². The fourth-order valence-corrected chi connectivity index (χ4v) is 7.12. The van der Waals surface area contributed by atoms with Crippen molar-refractivity contribution in [1.82, 2.24) is 14.4 Å². The molecule has 0 atom stereocenters. The molecule has 4 saturated carbocycles. The zero-order valence-corrected chi connectivity index (χ0v) is 20.7. The Morgan fingerprint density at radius 3 is 2.22 bits per heavy atom. The number of nitrogens with zero attached hydrogens (tertiary/aromatic N) is 3. The number of carbonyl (C=O) groups excluding carboxylic acids is 2. The van der Waals surface area contributed by atoms with Crippen LogP contribution in [0.4, 0.5) is 0 Å². The van der Waals surface area contributed by atoms with E-state index in [9.17, 15) is 9.59 Å². The Hall–Kier alpha value is -1.78. The molecule has 5 heteroatoms. The van der Waals surface area contributed by atoms with Crippen LogP contribution in [0.3, 0.4) is 0 Å². The van der Waals surface area contributed by atoms with Crippen LogP contribution in [0.2, 0.25) is 0 Å². The number of rotatable bonds is 10. The zero-order valence-electron chi connectivity index (χ0n) is 20.7. The Bertz CT molecular complexity index is 776. The molecule has 178 valence electrons. The van der Waals surface area contributed by atoms with E-state index in [-0.39, 0.29) is 17.9 Å². The van der Waals surface area contributed by atoms with Crippen molar-refractivity contribution in [1.29, 1.82) is 0 Å². The second kappa shape index (κ2) is 9.61. The van der Waals surface area contributed by atoms with E-state index in [1.165, 1.54) is 19.3 Å². The molecular formula is C27H43N3O2. The van der Waals surface area contributed by atoms with Gasteiger partial charge in [0.15, 0.2) is 0 Å². The maximum absolute atomic E-state index is 14.0. The molecule has 0 radical (unpaired) electrons. The first kappa shape index (κ1) is 23.4. The van der Waals surface area contributed by atoms with E-state index >= 15 is 0 Å². The summed E-state index contributed by atoms with van der Waals surface area (Å²) in [4.78, 5) is 31.5. The molecule has 0 unspecified atom stereocenters. The number of hydrogen-bond donors (Lipinski definition) is 0. The Kier molecular flexibility index (Phi) is 7.02. The zero-order chi connectivity index (χ0) is 22.9. The van der Waals surface area contributed by atoms with Crippen LogP contribution in [0.25, 0.3) is 0 Å². The number of aromatic nitrogens is 1. The summed E-state index contributed by atoms with van der Waals surface area (Å²) >= 11 is 0. The summed E-state index contributed by atoms with van der Waals surface area (Å²) in [5.74, 6) is 2.99. The summed E-state index contributed by atoms with van der Waals surface area (Å²) in [6.45, 7) is 8.74. The van der Waals surface area contributed by atoms with Gasteiger partial charge >= 0.3 is 0 Å². The highest BCUT2D eigenvalue weighted by Crippen LogP contribution is 2.60. The van der Waals surface area contributed by atoms with Gasteiger partial charge in [0.1, 0.15) is 0 Å². The average Bonchev–Trinajstić information content (AvgIpc) is 3.13. The van der Waals surface area contributed by atoms with Crippen LogP contribution in [-0.4, -0.2) is 45.8 Å². The van der Waals surface area contributed by atoms with Gasteiger partial charge in [0, 0.05) is 32.0 Å². The van der Waals surface area contributed by atoms with Gasteiger partial charge in [-0.05, 0) is 80.8 Å². The van der Waals surface area contributed by atoms with Crippen LogP contribution in [-0.2, 0) is 23.2 Å². The van der Waals surface area contributed by atoms with Gasteiger partial charge < -0.3 is 14.4 Å². The van der Waals surface area contributed by atoms with Crippen molar-refractivity contribution >= 4 is 11.8 Å². The number of hydrogen-bond acceptors (Lipinski definition) is 2. The van der Waals surface area contributed by atoms with Gasteiger partial charge in [-0.2, -0.15) is 0 Å². The highest BCUT2D eigenvalue weighted by molar-refractivity contribution is 5.88. The first-order valence-corrected chi connectivity index (χ1v) is 13.0. The van der Waals surface area contributed by atoms with Crippen molar-refractivity contribution in [2.75, 3.05) is 19.6 Å². The van der Waals surface area contributed by atoms with Crippen molar-refractivity contribution in [3.8, 4) is 0 Å². The van der Waals surface area contributed by atoms with Gasteiger partial charge in [0.2, 0.25) is 11.8 Å². The Morgan fingerprint density at radius 1 is 1.09 bits per heavy atom. The van der Waals surface area contributed by atoms with Crippen LogP contribution in [0.5, 0.6) is 0 Å². The van der Waals surface area contributed by atoms with Gasteiger partial charge in [0.25, 0.3) is 0 Å². The fraction of sp³-hybridized carbons (Fsp3) is 0.778. The van der Waals surface area contributed by atoms with Crippen LogP contribution in [0.1, 0.15) is 77.8 Å². The summed E-state index contributed by atoms with van der Waals surface area (Å²) in [6.07, 6.45) is 11.2. The van der Waals surface area contributed by atoms with Gasteiger partial charge in [-0.25, -0.2) is 0 Å². The lowest BCUT2D eigenvalue weighted by molar-refractivity contribution is -0.160. The molecule has 1 aromatic rings. The molecule has 0 aromatic carbocycles. The minimum absolute atomic E-state index is 0.0917. The molecule has 0 saturated heterocycles. The fourth-order valence-electron chi connectivity index (χ4n) is 7.12. The summed E-state index contributed by atoms with van der Waals surface area (Å²) in [5, 5.41) is 0. The molecule has 2 amide bonds. The maximum Gasteiger partial charge on any atom is 0.242 e. The standard InChI is InChI=1S/C27H43N3O2/c1-5-6-10-29(26(32)27-14-21-11-22(15-27)13-23(12-21)16-27)19-25(31)30(17-20(2)3)18-24-8-7-9-28(24)4/h7-9,20-23H,5-6,10-19H2,1-4H3. The second-order valence-electron chi connectivity index (χ2n) is 11.6. The lowest BCUT2D eigenvalue weighted by Gasteiger charge is -2.56. The molecule has 4 fully saturated rings. The molecule has 4 aliphatic carbocycles. The van der Waals surface area contributed by atoms with Crippen LogP contribution >= 0.6 is 0 Å². The Labute approximate surface area is 194 Å².